The Kier molecular flexibility index (Phi) is 3.79. The van der Waals surface area contributed by atoms with E-state index >= 15 is 0 Å². The number of benzene rings is 1. The van der Waals surface area contributed by atoms with Gasteiger partial charge in [-0.05, 0) is 6.92 Å². The van der Waals surface area contributed by atoms with Crippen LogP contribution in [-0.4, -0.2) is 28.8 Å². The second-order valence-corrected chi connectivity index (χ2v) is 3.06. The Bertz CT molecular complexity index is 527. The average molecular weight is 264 g/mol. The number of carbonyl (C=O) groups is 2. The normalized spacial score (nSPS) is 10.2. The van der Waals surface area contributed by atoms with Gasteiger partial charge in [0.1, 0.15) is 11.1 Å². The molecule has 0 aliphatic heterocycles. The molecule has 0 saturated carbocycles. The zero-order chi connectivity index (χ0) is 14.0. The van der Waals surface area contributed by atoms with E-state index in [1.807, 2.05) is 0 Å². The minimum atomic E-state index is -2.09. The van der Waals surface area contributed by atoms with Gasteiger partial charge in [0.2, 0.25) is 5.82 Å². The van der Waals surface area contributed by atoms with Gasteiger partial charge in [0.25, 0.3) is 0 Å². The standard InChI is InChI=1S/C10H7F3O5/c1-2-18-8-6(12)4(10(16)17)3(9(14)15)5(11)7(8)13/h2H2,1H3,(H,14,15)(H,16,17). The zero-order valence-corrected chi connectivity index (χ0v) is 8.96. The molecule has 2 N–H and O–H groups in total. The first-order valence-corrected chi connectivity index (χ1v) is 4.62. The Balaban J connectivity index is 3.76. The molecule has 98 valence electrons. The van der Waals surface area contributed by atoms with Crippen molar-refractivity contribution in [3.8, 4) is 5.75 Å². The lowest BCUT2D eigenvalue weighted by atomic mass is 10.0. The lowest BCUT2D eigenvalue weighted by Gasteiger charge is -2.11. The molecular weight excluding hydrogens is 257 g/mol. The summed E-state index contributed by atoms with van der Waals surface area (Å²) in [6.07, 6.45) is 0. The summed E-state index contributed by atoms with van der Waals surface area (Å²) < 4.78 is 44.7. The minimum Gasteiger partial charge on any atom is -0.488 e. The van der Waals surface area contributed by atoms with Gasteiger partial charge in [-0.25, -0.2) is 18.4 Å². The molecule has 0 amide bonds. The molecule has 1 aromatic rings. The van der Waals surface area contributed by atoms with Gasteiger partial charge in [0, 0.05) is 0 Å². The molecule has 8 heteroatoms. The highest BCUT2D eigenvalue weighted by Crippen LogP contribution is 2.31. The van der Waals surface area contributed by atoms with Crippen LogP contribution in [0.25, 0.3) is 0 Å². The molecule has 0 saturated heterocycles. The first kappa shape index (κ1) is 13.8. The SMILES string of the molecule is CCOc1c(F)c(F)c(C(=O)O)c(C(=O)O)c1F. The number of carboxylic acid groups (broad SMARTS) is 2. The van der Waals surface area contributed by atoms with Crippen molar-refractivity contribution in [2.24, 2.45) is 0 Å². The van der Waals surface area contributed by atoms with Crippen molar-refractivity contribution < 1.29 is 37.7 Å². The van der Waals surface area contributed by atoms with E-state index in [4.69, 9.17) is 10.2 Å². The van der Waals surface area contributed by atoms with E-state index in [1.54, 1.807) is 0 Å². The number of carboxylic acids is 2. The van der Waals surface area contributed by atoms with Crippen molar-refractivity contribution in [1.29, 1.82) is 0 Å². The average Bonchev–Trinajstić information content (AvgIpc) is 2.27. The lowest BCUT2D eigenvalue weighted by molar-refractivity contribution is 0.0639. The van der Waals surface area contributed by atoms with Gasteiger partial charge in [-0.15, -0.1) is 0 Å². The second kappa shape index (κ2) is 4.94. The number of halogens is 3. The van der Waals surface area contributed by atoms with Gasteiger partial charge < -0.3 is 14.9 Å². The summed E-state index contributed by atoms with van der Waals surface area (Å²) in [6, 6.07) is 0. The molecule has 1 rings (SSSR count). The Hall–Kier alpha value is -2.25. The van der Waals surface area contributed by atoms with Crippen LogP contribution in [0.3, 0.4) is 0 Å². The molecule has 0 aliphatic rings. The molecule has 0 aliphatic carbocycles. The van der Waals surface area contributed by atoms with Gasteiger partial charge in [0.15, 0.2) is 17.4 Å². The van der Waals surface area contributed by atoms with Crippen LogP contribution in [0.4, 0.5) is 13.2 Å². The number of hydrogen-bond acceptors (Lipinski definition) is 3. The summed E-state index contributed by atoms with van der Waals surface area (Å²) in [5.74, 6) is -11.0. The fourth-order valence-electron chi connectivity index (χ4n) is 1.31. The molecule has 18 heavy (non-hydrogen) atoms. The summed E-state index contributed by atoms with van der Waals surface area (Å²) in [5, 5.41) is 17.2. The molecule has 0 fully saturated rings. The smallest absolute Gasteiger partial charge is 0.339 e. The Morgan fingerprint density at radius 1 is 1.00 bits per heavy atom. The maximum Gasteiger partial charge on any atom is 0.339 e. The van der Waals surface area contributed by atoms with Crippen molar-refractivity contribution in [2.75, 3.05) is 6.61 Å². The summed E-state index contributed by atoms with van der Waals surface area (Å²) in [7, 11) is 0. The Morgan fingerprint density at radius 2 is 1.44 bits per heavy atom. The highest BCUT2D eigenvalue weighted by molar-refractivity contribution is 6.02. The fraction of sp³-hybridized carbons (Fsp3) is 0.200. The van der Waals surface area contributed by atoms with Crippen molar-refractivity contribution in [2.45, 2.75) is 6.92 Å². The number of rotatable bonds is 4. The van der Waals surface area contributed by atoms with E-state index < -0.39 is 46.3 Å². The van der Waals surface area contributed by atoms with E-state index in [0.717, 1.165) is 0 Å². The molecule has 1 aromatic carbocycles. The van der Waals surface area contributed by atoms with Crippen LogP contribution in [0, 0.1) is 17.5 Å². The third kappa shape index (κ3) is 2.08. The van der Waals surface area contributed by atoms with Crippen molar-refractivity contribution in [1.82, 2.24) is 0 Å². The largest absolute Gasteiger partial charge is 0.488 e. The van der Waals surface area contributed by atoms with Gasteiger partial charge in [-0.2, -0.15) is 4.39 Å². The van der Waals surface area contributed by atoms with E-state index in [2.05, 4.69) is 4.74 Å². The van der Waals surface area contributed by atoms with E-state index in [9.17, 15) is 22.8 Å². The summed E-state index contributed by atoms with van der Waals surface area (Å²) in [5.41, 5.74) is -3.06. The summed E-state index contributed by atoms with van der Waals surface area (Å²) in [6.45, 7) is 1.08. The van der Waals surface area contributed by atoms with Crippen LogP contribution in [0.1, 0.15) is 27.6 Å². The van der Waals surface area contributed by atoms with Crippen LogP contribution in [0.2, 0.25) is 0 Å². The van der Waals surface area contributed by atoms with E-state index in [1.165, 1.54) is 6.92 Å². The van der Waals surface area contributed by atoms with Gasteiger partial charge in [-0.1, -0.05) is 0 Å². The number of aromatic carboxylic acids is 2. The van der Waals surface area contributed by atoms with Crippen LogP contribution in [-0.2, 0) is 0 Å². The molecule has 0 atom stereocenters. The predicted octanol–water partition coefficient (Wildman–Crippen LogP) is 1.90. The molecular formula is C10H7F3O5. The third-order valence-corrected chi connectivity index (χ3v) is 2.00. The quantitative estimate of drug-likeness (QED) is 0.811. The summed E-state index contributed by atoms with van der Waals surface area (Å²) >= 11 is 0. The number of ether oxygens (including phenoxy) is 1. The molecule has 0 bridgehead atoms. The van der Waals surface area contributed by atoms with Crippen LogP contribution >= 0.6 is 0 Å². The Labute approximate surface area is 98.4 Å². The lowest BCUT2D eigenvalue weighted by Crippen LogP contribution is -2.17. The fourth-order valence-corrected chi connectivity index (χ4v) is 1.31. The van der Waals surface area contributed by atoms with Gasteiger partial charge in [-0.3, -0.25) is 0 Å². The first-order chi connectivity index (χ1) is 8.32. The molecule has 0 radical (unpaired) electrons. The van der Waals surface area contributed by atoms with Crippen LogP contribution in [0.15, 0.2) is 0 Å². The molecule has 0 heterocycles. The van der Waals surface area contributed by atoms with Crippen LogP contribution in [0.5, 0.6) is 5.75 Å². The van der Waals surface area contributed by atoms with Gasteiger partial charge >= 0.3 is 11.9 Å². The van der Waals surface area contributed by atoms with Crippen molar-refractivity contribution >= 4 is 11.9 Å². The van der Waals surface area contributed by atoms with Crippen molar-refractivity contribution in [3.05, 3.63) is 28.6 Å². The van der Waals surface area contributed by atoms with Crippen LogP contribution < -0.4 is 4.74 Å². The monoisotopic (exact) mass is 264 g/mol. The summed E-state index contributed by atoms with van der Waals surface area (Å²) in [4.78, 5) is 21.4. The highest BCUT2D eigenvalue weighted by Gasteiger charge is 2.33. The topological polar surface area (TPSA) is 83.8 Å². The minimum absolute atomic E-state index is 0.251. The molecule has 0 aromatic heterocycles. The predicted molar refractivity (Wildman–Crippen MR) is 51.4 cm³/mol. The van der Waals surface area contributed by atoms with E-state index in [0.29, 0.717) is 0 Å². The maximum atomic E-state index is 13.6. The Morgan fingerprint density at radius 3 is 1.83 bits per heavy atom. The maximum absolute atomic E-state index is 13.6. The molecule has 0 unspecified atom stereocenters. The first-order valence-electron chi connectivity index (χ1n) is 4.62. The van der Waals surface area contributed by atoms with Gasteiger partial charge in [0.05, 0.1) is 6.61 Å². The zero-order valence-electron chi connectivity index (χ0n) is 8.96. The highest BCUT2D eigenvalue weighted by atomic mass is 19.2. The molecule has 5 nitrogen and oxygen atoms in total. The molecule has 0 spiro atoms. The van der Waals surface area contributed by atoms with E-state index in [-0.39, 0.29) is 6.61 Å². The second-order valence-electron chi connectivity index (χ2n) is 3.06. The third-order valence-electron chi connectivity index (χ3n) is 2.00. The number of hydrogen-bond donors (Lipinski definition) is 2. The van der Waals surface area contributed by atoms with Crippen molar-refractivity contribution in [3.63, 3.8) is 0 Å².